The van der Waals surface area contributed by atoms with Gasteiger partial charge >= 0.3 is 0 Å². The van der Waals surface area contributed by atoms with Gasteiger partial charge in [0.15, 0.2) is 11.5 Å². The molecule has 0 bridgehead atoms. The quantitative estimate of drug-likeness (QED) is 0.664. The molecule has 2 aromatic heterocycles. The molecule has 0 atom stereocenters. The molecule has 1 aliphatic heterocycles. The van der Waals surface area contributed by atoms with Crippen LogP contribution in [0.2, 0.25) is 5.15 Å². The van der Waals surface area contributed by atoms with Crippen LogP contribution >= 0.6 is 11.6 Å². The van der Waals surface area contributed by atoms with Crippen LogP contribution in [0.3, 0.4) is 0 Å². The zero-order valence-electron chi connectivity index (χ0n) is 15.0. The molecule has 3 heterocycles. The standard InChI is InChI=1S/C18H19ClN6O2/c1-26-13-4-3-10(7-14(13)27-2)17-11-9-25(6-5-12(11)23-24-17)16-8-15(19)21-18(20)22-16/h3-4,7-8H,5-6,9H2,1-2H3,(H,23,24)(H2,20,21,22). The number of methoxy groups -OCH3 is 2. The minimum atomic E-state index is 0.163. The van der Waals surface area contributed by atoms with E-state index in [0.717, 1.165) is 35.5 Å². The van der Waals surface area contributed by atoms with Crippen molar-refractivity contribution in [3.05, 3.63) is 40.7 Å². The maximum absolute atomic E-state index is 6.04. The predicted molar refractivity (Wildman–Crippen MR) is 103 cm³/mol. The van der Waals surface area contributed by atoms with Crippen LogP contribution in [-0.2, 0) is 13.0 Å². The van der Waals surface area contributed by atoms with Crippen molar-refractivity contribution in [2.24, 2.45) is 0 Å². The van der Waals surface area contributed by atoms with E-state index in [2.05, 4.69) is 25.1 Å². The van der Waals surface area contributed by atoms with Crippen LogP contribution in [-0.4, -0.2) is 40.9 Å². The van der Waals surface area contributed by atoms with Crippen LogP contribution in [0.1, 0.15) is 11.3 Å². The van der Waals surface area contributed by atoms with Crippen molar-refractivity contribution >= 4 is 23.4 Å². The molecule has 0 saturated heterocycles. The number of nitrogens with two attached hydrogens (primary N) is 1. The first kappa shape index (κ1) is 17.4. The molecule has 27 heavy (non-hydrogen) atoms. The van der Waals surface area contributed by atoms with Gasteiger partial charge in [-0.3, -0.25) is 5.10 Å². The van der Waals surface area contributed by atoms with E-state index in [9.17, 15) is 0 Å². The summed E-state index contributed by atoms with van der Waals surface area (Å²) in [7, 11) is 3.23. The topological polar surface area (TPSA) is 102 Å². The molecular weight excluding hydrogens is 368 g/mol. The van der Waals surface area contributed by atoms with Crippen LogP contribution < -0.4 is 20.1 Å². The number of benzene rings is 1. The molecule has 0 spiro atoms. The van der Waals surface area contributed by atoms with Gasteiger partial charge in [0.05, 0.1) is 19.9 Å². The van der Waals surface area contributed by atoms with Crippen molar-refractivity contribution in [2.75, 3.05) is 31.4 Å². The largest absolute Gasteiger partial charge is 0.493 e. The number of ether oxygens (including phenoxy) is 2. The monoisotopic (exact) mass is 386 g/mol. The van der Waals surface area contributed by atoms with Crippen molar-refractivity contribution in [1.29, 1.82) is 0 Å². The van der Waals surface area contributed by atoms with E-state index in [1.165, 1.54) is 0 Å². The highest BCUT2D eigenvalue weighted by Crippen LogP contribution is 2.35. The van der Waals surface area contributed by atoms with Crippen molar-refractivity contribution in [3.63, 3.8) is 0 Å². The highest BCUT2D eigenvalue weighted by molar-refractivity contribution is 6.29. The summed E-state index contributed by atoms with van der Waals surface area (Å²) in [6.07, 6.45) is 0.817. The molecule has 0 radical (unpaired) electrons. The zero-order chi connectivity index (χ0) is 19.0. The van der Waals surface area contributed by atoms with E-state index in [1.54, 1.807) is 20.3 Å². The first-order valence-electron chi connectivity index (χ1n) is 8.42. The van der Waals surface area contributed by atoms with Crippen LogP contribution in [0.15, 0.2) is 24.3 Å². The number of halogens is 1. The number of nitrogen functional groups attached to an aromatic ring is 1. The Kier molecular flexibility index (Phi) is 4.49. The minimum absolute atomic E-state index is 0.163. The Hall–Kier alpha value is -3.00. The number of H-pyrrole nitrogens is 1. The lowest BCUT2D eigenvalue weighted by molar-refractivity contribution is 0.355. The second-order valence-electron chi connectivity index (χ2n) is 6.18. The Morgan fingerprint density at radius 1 is 1.15 bits per heavy atom. The van der Waals surface area contributed by atoms with Crippen LogP contribution in [0, 0.1) is 0 Å². The lowest BCUT2D eigenvalue weighted by Gasteiger charge is -2.28. The Morgan fingerprint density at radius 2 is 1.96 bits per heavy atom. The molecule has 1 aromatic carbocycles. The van der Waals surface area contributed by atoms with Crippen LogP contribution in [0.4, 0.5) is 11.8 Å². The third kappa shape index (κ3) is 3.23. The average molecular weight is 387 g/mol. The number of anilines is 2. The van der Waals surface area contributed by atoms with Gasteiger partial charge in [0.1, 0.15) is 11.0 Å². The van der Waals surface area contributed by atoms with Gasteiger partial charge in [0.25, 0.3) is 0 Å². The van der Waals surface area contributed by atoms with Crippen LogP contribution in [0.5, 0.6) is 11.5 Å². The fraction of sp³-hybridized carbons (Fsp3) is 0.278. The number of nitrogens with zero attached hydrogens (tertiary/aromatic N) is 4. The molecule has 9 heteroatoms. The van der Waals surface area contributed by atoms with E-state index in [4.69, 9.17) is 26.8 Å². The SMILES string of the molecule is COc1ccc(-c2n[nH]c3c2CN(c2cc(Cl)nc(N)n2)CC3)cc1OC. The third-order valence-electron chi connectivity index (χ3n) is 4.61. The van der Waals surface area contributed by atoms with E-state index < -0.39 is 0 Å². The van der Waals surface area contributed by atoms with Gasteiger partial charge in [0, 0.05) is 42.4 Å². The van der Waals surface area contributed by atoms with Crippen molar-refractivity contribution in [2.45, 2.75) is 13.0 Å². The highest BCUT2D eigenvalue weighted by atomic mass is 35.5. The number of fused-ring (bicyclic) bond motifs is 1. The molecule has 3 aromatic rings. The van der Waals surface area contributed by atoms with Gasteiger partial charge in [-0.05, 0) is 18.2 Å². The van der Waals surface area contributed by atoms with Gasteiger partial charge in [-0.1, -0.05) is 11.6 Å². The molecule has 0 fully saturated rings. The smallest absolute Gasteiger partial charge is 0.223 e. The Balaban J connectivity index is 1.69. The fourth-order valence-electron chi connectivity index (χ4n) is 3.30. The molecule has 0 saturated carbocycles. The lowest BCUT2D eigenvalue weighted by atomic mass is 10.0. The van der Waals surface area contributed by atoms with E-state index >= 15 is 0 Å². The van der Waals surface area contributed by atoms with Gasteiger partial charge in [-0.15, -0.1) is 0 Å². The fourth-order valence-corrected chi connectivity index (χ4v) is 3.48. The van der Waals surface area contributed by atoms with Gasteiger partial charge in [0.2, 0.25) is 5.95 Å². The summed E-state index contributed by atoms with van der Waals surface area (Å²) in [5.74, 6) is 2.21. The first-order valence-corrected chi connectivity index (χ1v) is 8.80. The molecule has 4 rings (SSSR count). The molecule has 3 N–H and O–H groups in total. The molecule has 1 aliphatic rings. The van der Waals surface area contributed by atoms with Gasteiger partial charge in [-0.2, -0.15) is 10.1 Å². The van der Waals surface area contributed by atoms with Gasteiger partial charge in [-0.25, -0.2) is 4.98 Å². The van der Waals surface area contributed by atoms with Crippen LogP contribution in [0.25, 0.3) is 11.3 Å². The Labute approximate surface area is 161 Å². The third-order valence-corrected chi connectivity index (χ3v) is 4.81. The molecule has 0 aliphatic carbocycles. The lowest BCUT2D eigenvalue weighted by Crippen LogP contribution is -2.31. The highest BCUT2D eigenvalue weighted by Gasteiger charge is 2.24. The van der Waals surface area contributed by atoms with E-state index in [-0.39, 0.29) is 5.95 Å². The molecule has 140 valence electrons. The van der Waals surface area contributed by atoms with E-state index in [0.29, 0.717) is 29.0 Å². The summed E-state index contributed by atoms with van der Waals surface area (Å²) in [6.45, 7) is 1.43. The second-order valence-corrected chi connectivity index (χ2v) is 6.56. The van der Waals surface area contributed by atoms with Crippen molar-refractivity contribution in [1.82, 2.24) is 20.2 Å². The van der Waals surface area contributed by atoms with Crippen molar-refractivity contribution < 1.29 is 9.47 Å². The predicted octanol–water partition coefficient (Wildman–Crippen LogP) is 2.68. The van der Waals surface area contributed by atoms with E-state index in [1.807, 2.05) is 18.2 Å². The molecule has 0 unspecified atom stereocenters. The van der Waals surface area contributed by atoms with Crippen molar-refractivity contribution in [3.8, 4) is 22.8 Å². The average Bonchev–Trinajstić information content (AvgIpc) is 3.09. The van der Waals surface area contributed by atoms with Gasteiger partial charge < -0.3 is 20.1 Å². The number of hydrogen-bond donors (Lipinski definition) is 2. The number of aromatic nitrogens is 4. The number of nitrogens with one attached hydrogen (secondary N) is 1. The normalized spacial score (nSPS) is 13.4. The second kappa shape index (κ2) is 6.96. The zero-order valence-corrected chi connectivity index (χ0v) is 15.7. The number of rotatable bonds is 4. The summed E-state index contributed by atoms with van der Waals surface area (Å²) in [5.41, 5.74) is 9.80. The minimum Gasteiger partial charge on any atom is -0.493 e. The molecule has 0 amide bonds. The Morgan fingerprint density at radius 3 is 2.70 bits per heavy atom. The summed E-state index contributed by atoms with van der Waals surface area (Å²) in [6, 6.07) is 7.49. The molecule has 8 nitrogen and oxygen atoms in total. The first-order chi connectivity index (χ1) is 13.1. The Bertz CT molecular complexity index is 970. The molecular formula is C18H19ClN6O2. The summed E-state index contributed by atoms with van der Waals surface area (Å²) in [4.78, 5) is 10.4. The number of aromatic amines is 1. The summed E-state index contributed by atoms with van der Waals surface area (Å²) >= 11 is 6.04. The number of hydrogen-bond acceptors (Lipinski definition) is 7. The maximum Gasteiger partial charge on any atom is 0.223 e. The summed E-state index contributed by atoms with van der Waals surface area (Å²) in [5, 5.41) is 8.01. The maximum atomic E-state index is 6.04. The summed E-state index contributed by atoms with van der Waals surface area (Å²) < 4.78 is 10.7.